The summed E-state index contributed by atoms with van der Waals surface area (Å²) in [5.74, 6) is 0.428. The molecule has 0 saturated carbocycles. The third-order valence-electron chi connectivity index (χ3n) is 2.81. The van der Waals surface area contributed by atoms with E-state index in [1.807, 2.05) is 29.6 Å². The normalized spacial score (nSPS) is 12.5. The van der Waals surface area contributed by atoms with Crippen LogP contribution >= 0.6 is 23.1 Å². The zero-order valence-electron chi connectivity index (χ0n) is 11.4. The van der Waals surface area contributed by atoms with Gasteiger partial charge in [0.1, 0.15) is 10.3 Å². The van der Waals surface area contributed by atoms with E-state index in [1.54, 1.807) is 22.8 Å². The SMILES string of the molecule is COC(=O)[C@@H](C)Sc1ccc2nnc(-c3cccs3)n2n1. The number of methoxy groups -OCH3 is 1. The number of ether oxygens (including phenoxy) is 1. The molecule has 3 rings (SSSR count). The van der Waals surface area contributed by atoms with E-state index in [0.29, 0.717) is 11.5 Å². The van der Waals surface area contributed by atoms with Gasteiger partial charge in [0.25, 0.3) is 0 Å². The molecule has 0 aliphatic rings. The monoisotopic (exact) mass is 320 g/mol. The smallest absolute Gasteiger partial charge is 0.318 e. The number of nitrogens with zero attached hydrogens (tertiary/aromatic N) is 4. The van der Waals surface area contributed by atoms with E-state index in [2.05, 4.69) is 15.3 Å². The second-order valence-corrected chi connectivity index (χ2v) is 6.53. The van der Waals surface area contributed by atoms with E-state index in [0.717, 1.165) is 9.90 Å². The zero-order chi connectivity index (χ0) is 14.8. The molecule has 3 heterocycles. The van der Waals surface area contributed by atoms with Crippen molar-refractivity contribution >= 4 is 34.7 Å². The minimum atomic E-state index is -0.318. The number of aromatic nitrogens is 4. The highest BCUT2D eigenvalue weighted by atomic mass is 32.2. The molecule has 8 heteroatoms. The van der Waals surface area contributed by atoms with Crippen molar-refractivity contribution < 1.29 is 9.53 Å². The predicted molar refractivity (Wildman–Crippen MR) is 81.4 cm³/mol. The van der Waals surface area contributed by atoms with Crippen LogP contribution < -0.4 is 0 Å². The summed E-state index contributed by atoms with van der Waals surface area (Å²) in [6.07, 6.45) is 0. The zero-order valence-corrected chi connectivity index (χ0v) is 13.0. The summed E-state index contributed by atoms with van der Waals surface area (Å²) < 4.78 is 6.41. The van der Waals surface area contributed by atoms with Crippen molar-refractivity contribution in [1.29, 1.82) is 0 Å². The fourth-order valence-electron chi connectivity index (χ4n) is 1.79. The lowest BCUT2D eigenvalue weighted by Crippen LogP contribution is -2.15. The van der Waals surface area contributed by atoms with Crippen molar-refractivity contribution in [1.82, 2.24) is 19.8 Å². The maximum atomic E-state index is 11.5. The van der Waals surface area contributed by atoms with Gasteiger partial charge in [0.05, 0.1) is 12.0 Å². The van der Waals surface area contributed by atoms with Gasteiger partial charge in [-0.05, 0) is 30.5 Å². The molecular formula is C13H12N4O2S2. The first-order valence-electron chi connectivity index (χ1n) is 6.20. The van der Waals surface area contributed by atoms with Gasteiger partial charge in [-0.2, -0.15) is 9.61 Å². The number of fused-ring (bicyclic) bond motifs is 1. The van der Waals surface area contributed by atoms with E-state index in [9.17, 15) is 4.79 Å². The lowest BCUT2D eigenvalue weighted by molar-refractivity contribution is -0.139. The number of thiophene rings is 1. The van der Waals surface area contributed by atoms with Crippen LogP contribution in [0.2, 0.25) is 0 Å². The molecule has 3 aromatic rings. The molecule has 108 valence electrons. The minimum absolute atomic E-state index is 0.274. The molecule has 0 aromatic carbocycles. The second kappa shape index (κ2) is 5.82. The number of carbonyl (C=O) groups excluding carboxylic acids is 1. The van der Waals surface area contributed by atoms with E-state index < -0.39 is 0 Å². The molecule has 0 bridgehead atoms. The maximum Gasteiger partial charge on any atom is 0.318 e. The molecule has 0 aliphatic heterocycles. The lowest BCUT2D eigenvalue weighted by Gasteiger charge is -2.08. The van der Waals surface area contributed by atoms with Crippen molar-refractivity contribution in [2.24, 2.45) is 0 Å². The van der Waals surface area contributed by atoms with Gasteiger partial charge < -0.3 is 4.74 Å². The summed E-state index contributed by atoms with van der Waals surface area (Å²) >= 11 is 2.92. The van der Waals surface area contributed by atoms with Crippen LogP contribution in [0.1, 0.15) is 6.92 Å². The summed E-state index contributed by atoms with van der Waals surface area (Å²) in [6, 6.07) is 7.59. The quantitative estimate of drug-likeness (QED) is 0.543. The van der Waals surface area contributed by atoms with Crippen LogP contribution in [-0.2, 0) is 9.53 Å². The summed E-state index contributed by atoms with van der Waals surface area (Å²) in [5, 5.41) is 15.2. The average Bonchev–Trinajstić information content (AvgIpc) is 3.14. The molecule has 0 radical (unpaired) electrons. The van der Waals surface area contributed by atoms with Gasteiger partial charge in [-0.1, -0.05) is 17.8 Å². The average molecular weight is 320 g/mol. The Labute approximate surface area is 129 Å². The highest BCUT2D eigenvalue weighted by Crippen LogP contribution is 2.25. The third-order valence-corrected chi connectivity index (χ3v) is 4.68. The van der Waals surface area contributed by atoms with Gasteiger partial charge >= 0.3 is 5.97 Å². The molecule has 21 heavy (non-hydrogen) atoms. The minimum Gasteiger partial charge on any atom is -0.468 e. The first-order chi connectivity index (χ1) is 10.2. The molecule has 0 spiro atoms. The third kappa shape index (κ3) is 2.77. The Morgan fingerprint density at radius 3 is 2.95 bits per heavy atom. The maximum absolute atomic E-state index is 11.5. The van der Waals surface area contributed by atoms with Crippen molar-refractivity contribution in [3.63, 3.8) is 0 Å². The number of rotatable bonds is 4. The number of hydrogen-bond donors (Lipinski definition) is 0. The Balaban J connectivity index is 1.95. The Bertz CT molecular complexity index is 770. The first-order valence-corrected chi connectivity index (χ1v) is 7.96. The summed E-state index contributed by atoms with van der Waals surface area (Å²) in [7, 11) is 1.38. The number of thioether (sulfide) groups is 1. The van der Waals surface area contributed by atoms with Gasteiger partial charge in [-0.25, -0.2) is 0 Å². The Morgan fingerprint density at radius 2 is 2.24 bits per heavy atom. The summed E-state index contributed by atoms with van der Waals surface area (Å²) in [4.78, 5) is 12.5. The Hall–Kier alpha value is -1.93. The van der Waals surface area contributed by atoms with Gasteiger partial charge in [0.15, 0.2) is 11.5 Å². The van der Waals surface area contributed by atoms with Crippen molar-refractivity contribution in [3.05, 3.63) is 29.6 Å². The van der Waals surface area contributed by atoms with Crippen molar-refractivity contribution in [3.8, 4) is 10.7 Å². The van der Waals surface area contributed by atoms with E-state index >= 15 is 0 Å². The first kappa shape index (κ1) is 14.0. The predicted octanol–water partition coefficient (Wildman–Crippen LogP) is 2.51. The molecule has 0 saturated heterocycles. The van der Waals surface area contributed by atoms with E-state index in [1.165, 1.54) is 18.9 Å². The summed E-state index contributed by atoms with van der Waals surface area (Å²) in [6.45, 7) is 1.79. The van der Waals surface area contributed by atoms with Crippen LogP contribution in [0.5, 0.6) is 0 Å². The molecule has 3 aromatic heterocycles. The largest absolute Gasteiger partial charge is 0.468 e. The number of hydrogen-bond acceptors (Lipinski definition) is 7. The molecule has 1 atom stereocenters. The highest BCUT2D eigenvalue weighted by Gasteiger charge is 2.17. The van der Waals surface area contributed by atoms with E-state index in [-0.39, 0.29) is 11.2 Å². The Morgan fingerprint density at radius 1 is 1.38 bits per heavy atom. The van der Waals surface area contributed by atoms with Crippen LogP contribution in [0.25, 0.3) is 16.3 Å². The standard InChI is InChI=1S/C13H12N4O2S2/c1-8(13(18)19-2)21-11-6-5-10-14-15-12(17(10)16-11)9-4-3-7-20-9/h3-8H,1-2H3/t8-/m1/s1. The molecular weight excluding hydrogens is 308 g/mol. The number of esters is 1. The van der Waals surface area contributed by atoms with Crippen molar-refractivity contribution in [2.75, 3.05) is 7.11 Å². The van der Waals surface area contributed by atoms with Gasteiger partial charge in [-0.3, -0.25) is 4.79 Å². The topological polar surface area (TPSA) is 69.4 Å². The van der Waals surface area contributed by atoms with Crippen LogP contribution in [0.15, 0.2) is 34.7 Å². The van der Waals surface area contributed by atoms with E-state index in [4.69, 9.17) is 4.74 Å². The van der Waals surface area contributed by atoms with Gasteiger partial charge in [0, 0.05) is 0 Å². The second-order valence-electron chi connectivity index (χ2n) is 4.23. The lowest BCUT2D eigenvalue weighted by atomic mass is 10.4. The van der Waals surface area contributed by atoms with Gasteiger partial charge in [0.2, 0.25) is 0 Å². The van der Waals surface area contributed by atoms with Crippen LogP contribution in [0, 0.1) is 0 Å². The highest BCUT2D eigenvalue weighted by molar-refractivity contribution is 8.00. The molecule has 6 nitrogen and oxygen atoms in total. The van der Waals surface area contributed by atoms with Gasteiger partial charge in [-0.15, -0.1) is 21.5 Å². The molecule has 0 aliphatic carbocycles. The molecule has 0 unspecified atom stereocenters. The summed E-state index contributed by atoms with van der Waals surface area (Å²) in [5.41, 5.74) is 0.675. The van der Waals surface area contributed by atoms with Crippen molar-refractivity contribution in [2.45, 2.75) is 17.2 Å². The van der Waals surface area contributed by atoms with Crippen LogP contribution in [0.3, 0.4) is 0 Å². The Kier molecular flexibility index (Phi) is 3.89. The van der Waals surface area contributed by atoms with Crippen LogP contribution in [-0.4, -0.2) is 38.1 Å². The number of carbonyl (C=O) groups is 1. The van der Waals surface area contributed by atoms with Crippen LogP contribution in [0.4, 0.5) is 0 Å². The molecule has 0 fully saturated rings. The molecule has 0 N–H and O–H groups in total. The fraction of sp³-hybridized carbons (Fsp3) is 0.231. The fourth-order valence-corrected chi connectivity index (χ4v) is 3.31. The molecule has 0 amide bonds.